The van der Waals surface area contributed by atoms with Gasteiger partial charge in [0, 0.05) is 24.2 Å². The molecule has 22 heavy (non-hydrogen) atoms. The standard InChI is InChI=1S/C21H23N/c1-4-21(2,3)16-22-15-19-11-6-5-9-17(19)13-14-18-10-7-8-12-20(18)22/h5-12H,4,15-16H2,1-3H3. The van der Waals surface area contributed by atoms with E-state index in [0.29, 0.717) is 0 Å². The van der Waals surface area contributed by atoms with Gasteiger partial charge in [-0.05, 0) is 35.6 Å². The molecule has 1 heterocycles. The minimum absolute atomic E-state index is 0.286. The molecule has 2 aromatic carbocycles. The summed E-state index contributed by atoms with van der Waals surface area (Å²) in [5, 5.41) is 0. The third-order valence-corrected chi connectivity index (χ3v) is 4.53. The molecule has 0 spiro atoms. The molecule has 1 aliphatic rings. The molecule has 0 saturated heterocycles. The molecule has 0 N–H and O–H groups in total. The van der Waals surface area contributed by atoms with E-state index in [4.69, 9.17) is 0 Å². The van der Waals surface area contributed by atoms with Gasteiger partial charge in [-0.15, -0.1) is 0 Å². The van der Waals surface area contributed by atoms with Crippen LogP contribution in [0.3, 0.4) is 0 Å². The number of fused-ring (bicyclic) bond motifs is 2. The van der Waals surface area contributed by atoms with Gasteiger partial charge < -0.3 is 4.90 Å². The fraction of sp³-hybridized carbons (Fsp3) is 0.333. The van der Waals surface area contributed by atoms with Crippen LogP contribution in [0.4, 0.5) is 5.69 Å². The maximum absolute atomic E-state index is 3.36. The van der Waals surface area contributed by atoms with E-state index in [-0.39, 0.29) is 5.41 Å². The zero-order valence-electron chi connectivity index (χ0n) is 13.7. The number of hydrogen-bond donors (Lipinski definition) is 0. The van der Waals surface area contributed by atoms with E-state index < -0.39 is 0 Å². The van der Waals surface area contributed by atoms with Crippen molar-refractivity contribution in [3.05, 3.63) is 65.2 Å². The van der Waals surface area contributed by atoms with Crippen LogP contribution in [0.25, 0.3) is 0 Å². The van der Waals surface area contributed by atoms with Gasteiger partial charge >= 0.3 is 0 Å². The molecule has 0 atom stereocenters. The van der Waals surface area contributed by atoms with Gasteiger partial charge in [-0.2, -0.15) is 0 Å². The Kier molecular flexibility index (Phi) is 3.94. The first-order valence-corrected chi connectivity index (χ1v) is 8.03. The second-order valence-corrected chi connectivity index (χ2v) is 6.80. The Morgan fingerprint density at radius 1 is 0.955 bits per heavy atom. The highest BCUT2D eigenvalue weighted by atomic mass is 15.1. The Hall–Kier alpha value is -2.20. The summed E-state index contributed by atoms with van der Waals surface area (Å²) in [6.45, 7) is 8.91. The van der Waals surface area contributed by atoms with Crippen molar-refractivity contribution in [1.82, 2.24) is 0 Å². The molecule has 0 fully saturated rings. The van der Waals surface area contributed by atoms with Crippen LogP contribution in [-0.2, 0) is 6.54 Å². The predicted molar refractivity (Wildman–Crippen MR) is 94.0 cm³/mol. The van der Waals surface area contributed by atoms with E-state index in [1.54, 1.807) is 0 Å². The van der Waals surface area contributed by atoms with E-state index in [1.807, 2.05) is 0 Å². The Balaban J connectivity index is 2.09. The summed E-state index contributed by atoms with van der Waals surface area (Å²) in [6, 6.07) is 17.0. The summed E-state index contributed by atoms with van der Waals surface area (Å²) in [4.78, 5) is 2.49. The van der Waals surface area contributed by atoms with Crippen molar-refractivity contribution in [2.45, 2.75) is 33.7 Å². The van der Waals surface area contributed by atoms with Crippen molar-refractivity contribution >= 4 is 5.69 Å². The topological polar surface area (TPSA) is 3.24 Å². The summed E-state index contributed by atoms with van der Waals surface area (Å²) < 4.78 is 0. The van der Waals surface area contributed by atoms with E-state index in [2.05, 4.69) is 86.0 Å². The third kappa shape index (κ3) is 3.02. The zero-order valence-corrected chi connectivity index (χ0v) is 13.7. The smallest absolute Gasteiger partial charge is 0.0528 e. The van der Waals surface area contributed by atoms with Crippen molar-refractivity contribution in [1.29, 1.82) is 0 Å². The molecular formula is C21H23N. The van der Waals surface area contributed by atoms with E-state index in [1.165, 1.54) is 17.7 Å². The lowest BCUT2D eigenvalue weighted by Crippen LogP contribution is -2.34. The molecule has 112 valence electrons. The maximum Gasteiger partial charge on any atom is 0.0528 e. The molecule has 3 rings (SSSR count). The second kappa shape index (κ2) is 5.89. The van der Waals surface area contributed by atoms with Crippen molar-refractivity contribution in [2.24, 2.45) is 5.41 Å². The van der Waals surface area contributed by atoms with Crippen LogP contribution < -0.4 is 4.90 Å². The third-order valence-electron chi connectivity index (χ3n) is 4.53. The summed E-state index contributed by atoms with van der Waals surface area (Å²) in [5.41, 5.74) is 5.14. The largest absolute Gasteiger partial charge is 0.366 e. The van der Waals surface area contributed by atoms with Gasteiger partial charge in [-0.1, -0.05) is 62.9 Å². The number of hydrogen-bond acceptors (Lipinski definition) is 1. The van der Waals surface area contributed by atoms with Crippen molar-refractivity contribution in [3.63, 3.8) is 0 Å². The quantitative estimate of drug-likeness (QED) is 0.731. The van der Waals surface area contributed by atoms with Gasteiger partial charge in [0.05, 0.1) is 5.69 Å². The van der Waals surface area contributed by atoms with Crippen LogP contribution in [0.1, 0.15) is 43.9 Å². The SMILES string of the molecule is CCC(C)(C)CN1Cc2ccccc2C#Cc2ccccc21. The zero-order chi connectivity index (χ0) is 15.6. The van der Waals surface area contributed by atoms with Gasteiger partial charge in [-0.25, -0.2) is 0 Å². The lowest BCUT2D eigenvalue weighted by Gasteiger charge is -2.35. The maximum atomic E-state index is 3.36. The first-order valence-electron chi connectivity index (χ1n) is 8.03. The molecule has 0 radical (unpaired) electrons. The van der Waals surface area contributed by atoms with Gasteiger partial charge in [0.2, 0.25) is 0 Å². The second-order valence-electron chi connectivity index (χ2n) is 6.80. The van der Waals surface area contributed by atoms with Gasteiger partial charge in [0.25, 0.3) is 0 Å². The van der Waals surface area contributed by atoms with Crippen LogP contribution in [0.5, 0.6) is 0 Å². The Morgan fingerprint density at radius 3 is 2.36 bits per heavy atom. The van der Waals surface area contributed by atoms with Crippen LogP contribution in [0.2, 0.25) is 0 Å². The van der Waals surface area contributed by atoms with Crippen molar-refractivity contribution < 1.29 is 0 Å². The van der Waals surface area contributed by atoms with E-state index in [0.717, 1.165) is 24.2 Å². The van der Waals surface area contributed by atoms with Crippen molar-refractivity contribution in [3.8, 4) is 11.8 Å². The summed E-state index contributed by atoms with van der Waals surface area (Å²) in [7, 11) is 0. The van der Waals surface area contributed by atoms with Crippen molar-refractivity contribution in [2.75, 3.05) is 11.4 Å². The lowest BCUT2D eigenvalue weighted by atomic mass is 9.88. The molecular weight excluding hydrogens is 266 g/mol. The summed E-state index contributed by atoms with van der Waals surface area (Å²) in [5.74, 6) is 6.71. The lowest BCUT2D eigenvalue weighted by molar-refractivity contribution is 0.351. The number of nitrogens with zero attached hydrogens (tertiary/aromatic N) is 1. The molecule has 0 aliphatic carbocycles. The average molecular weight is 289 g/mol. The highest BCUT2D eigenvalue weighted by Crippen LogP contribution is 2.30. The van der Waals surface area contributed by atoms with Crippen LogP contribution >= 0.6 is 0 Å². The number of anilines is 1. The minimum atomic E-state index is 0.286. The Bertz CT molecular complexity index is 731. The fourth-order valence-corrected chi connectivity index (χ4v) is 2.83. The normalized spacial score (nSPS) is 13.3. The van der Waals surface area contributed by atoms with Gasteiger partial charge in [-0.3, -0.25) is 0 Å². The molecule has 0 unspecified atom stereocenters. The first kappa shape index (κ1) is 14.7. The molecule has 0 bridgehead atoms. The predicted octanol–water partition coefficient (Wildman–Crippen LogP) is 4.84. The molecule has 1 nitrogen and oxygen atoms in total. The molecule has 0 amide bonds. The van der Waals surface area contributed by atoms with Crippen LogP contribution in [-0.4, -0.2) is 6.54 Å². The van der Waals surface area contributed by atoms with E-state index in [9.17, 15) is 0 Å². The molecule has 0 aromatic heterocycles. The number of para-hydroxylation sites is 1. The first-order chi connectivity index (χ1) is 10.6. The monoisotopic (exact) mass is 289 g/mol. The highest BCUT2D eigenvalue weighted by Gasteiger charge is 2.22. The Morgan fingerprint density at radius 2 is 1.59 bits per heavy atom. The number of rotatable bonds is 3. The number of benzene rings is 2. The summed E-state index contributed by atoms with van der Waals surface area (Å²) >= 11 is 0. The van der Waals surface area contributed by atoms with E-state index >= 15 is 0 Å². The van der Waals surface area contributed by atoms with Crippen LogP contribution in [0.15, 0.2) is 48.5 Å². The van der Waals surface area contributed by atoms with Gasteiger partial charge in [0.15, 0.2) is 0 Å². The molecule has 0 saturated carbocycles. The van der Waals surface area contributed by atoms with Gasteiger partial charge in [0.1, 0.15) is 0 Å². The highest BCUT2D eigenvalue weighted by molar-refractivity contribution is 5.64. The average Bonchev–Trinajstić information content (AvgIpc) is 2.52. The molecule has 2 aromatic rings. The minimum Gasteiger partial charge on any atom is -0.366 e. The fourth-order valence-electron chi connectivity index (χ4n) is 2.83. The van der Waals surface area contributed by atoms with Crippen LogP contribution in [0, 0.1) is 17.3 Å². The molecule has 1 aliphatic heterocycles. The Labute approximate surface area is 134 Å². The molecule has 1 heteroatoms. The summed E-state index contributed by atoms with van der Waals surface area (Å²) in [6.07, 6.45) is 1.17.